The third kappa shape index (κ3) is 6.10. The van der Waals surface area contributed by atoms with Gasteiger partial charge < -0.3 is 15.7 Å². The Balaban J connectivity index is 2.36. The first kappa shape index (κ1) is 19.3. The fourth-order valence-electron chi connectivity index (χ4n) is 1.99. The summed E-state index contributed by atoms with van der Waals surface area (Å²) >= 11 is 0. The SMILES string of the molecule is C=N/C=C\C(=C/C)Nc1nc(NCC(C)(C)O)nc(-c2ccccc2)n1. The third-order valence-electron chi connectivity index (χ3n) is 3.27. The highest BCUT2D eigenvalue weighted by Crippen LogP contribution is 2.19. The number of allylic oxidation sites excluding steroid dienone is 2. The molecule has 0 saturated heterocycles. The maximum Gasteiger partial charge on any atom is 0.232 e. The van der Waals surface area contributed by atoms with Gasteiger partial charge in [0, 0.05) is 24.0 Å². The van der Waals surface area contributed by atoms with Crippen LogP contribution in [0.5, 0.6) is 0 Å². The van der Waals surface area contributed by atoms with Gasteiger partial charge >= 0.3 is 0 Å². The minimum Gasteiger partial charge on any atom is -0.389 e. The lowest BCUT2D eigenvalue weighted by Crippen LogP contribution is -2.30. The van der Waals surface area contributed by atoms with Crippen LogP contribution < -0.4 is 10.6 Å². The molecule has 0 amide bonds. The van der Waals surface area contributed by atoms with Gasteiger partial charge in [-0.15, -0.1) is 0 Å². The second-order valence-corrected chi connectivity index (χ2v) is 6.21. The van der Waals surface area contributed by atoms with Gasteiger partial charge in [0.15, 0.2) is 5.82 Å². The molecule has 1 heterocycles. The van der Waals surface area contributed by atoms with E-state index >= 15 is 0 Å². The van der Waals surface area contributed by atoms with Crippen LogP contribution in [0.1, 0.15) is 20.8 Å². The lowest BCUT2D eigenvalue weighted by molar-refractivity contribution is 0.0943. The molecule has 3 N–H and O–H groups in total. The summed E-state index contributed by atoms with van der Waals surface area (Å²) in [6.07, 6.45) is 5.22. The molecule has 0 aliphatic carbocycles. The molecular weight excluding hydrogens is 328 g/mol. The van der Waals surface area contributed by atoms with Gasteiger partial charge in [-0.1, -0.05) is 36.4 Å². The minimum absolute atomic E-state index is 0.307. The molecule has 7 nitrogen and oxygen atoms in total. The molecule has 0 saturated carbocycles. The summed E-state index contributed by atoms with van der Waals surface area (Å²) in [7, 11) is 0. The summed E-state index contributed by atoms with van der Waals surface area (Å²) in [5.74, 6) is 1.30. The van der Waals surface area contributed by atoms with Crippen molar-refractivity contribution in [2.75, 3.05) is 17.2 Å². The molecular formula is C19H24N6O. The van der Waals surface area contributed by atoms with Gasteiger partial charge in [0.05, 0.1) is 5.60 Å². The van der Waals surface area contributed by atoms with Crippen LogP contribution in [0.2, 0.25) is 0 Å². The number of anilines is 2. The van der Waals surface area contributed by atoms with Crippen LogP contribution in [-0.2, 0) is 0 Å². The van der Waals surface area contributed by atoms with E-state index in [2.05, 4.69) is 37.3 Å². The largest absolute Gasteiger partial charge is 0.389 e. The van der Waals surface area contributed by atoms with Gasteiger partial charge in [-0.3, -0.25) is 4.99 Å². The summed E-state index contributed by atoms with van der Waals surface area (Å²) in [5.41, 5.74) is 0.755. The van der Waals surface area contributed by atoms with Crippen molar-refractivity contribution in [2.45, 2.75) is 26.4 Å². The highest BCUT2D eigenvalue weighted by atomic mass is 16.3. The number of benzene rings is 1. The van der Waals surface area contributed by atoms with Crippen LogP contribution in [-0.4, -0.2) is 38.9 Å². The Morgan fingerprint density at radius 2 is 1.88 bits per heavy atom. The number of aliphatic imine (C=N–C) groups is 1. The number of nitrogens with one attached hydrogen (secondary N) is 2. The Hall–Kier alpha value is -3.06. The summed E-state index contributed by atoms with van der Waals surface area (Å²) in [4.78, 5) is 17.0. The van der Waals surface area contributed by atoms with Crippen molar-refractivity contribution in [1.29, 1.82) is 0 Å². The lowest BCUT2D eigenvalue weighted by Gasteiger charge is -2.18. The second-order valence-electron chi connectivity index (χ2n) is 6.21. The van der Waals surface area contributed by atoms with E-state index < -0.39 is 5.60 Å². The first-order valence-corrected chi connectivity index (χ1v) is 8.25. The molecule has 2 rings (SSSR count). The molecule has 7 heteroatoms. The molecule has 0 bridgehead atoms. The molecule has 0 spiro atoms. The number of hydrogen-bond donors (Lipinski definition) is 3. The van der Waals surface area contributed by atoms with Gasteiger partial charge in [0.1, 0.15) is 0 Å². The standard InChI is InChI=1S/C19H24N6O/c1-5-15(11-12-20-4)22-18-24-16(14-9-7-6-8-10-14)23-17(25-18)21-13-19(2,3)26/h5-12,26H,4,13H2,1-3H3,(H2,21,22,23,24,25)/b12-11-,15-5+. The number of hydrogen-bond acceptors (Lipinski definition) is 7. The monoisotopic (exact) mass is 352 g/mol. The maximum absolute atomic E-state index is 9.93. The van der Waals surface area contributed by atoms with E-state index in [4.69, 9.17) is 0 Å². The normalized spacial score (nSPS) is 12.2. The van der Waals surface area contributed by atoms with Crippen LogP contribution in [0.15, 0.2) is 59.4 Å². The predicted octanol–water partition coefficient (Wildman–Crippen LogP) is 3.25. The van der Waals surface area contributed by atoms with Crippen molar-refractivity contribution < 1.29 is 5.11 Å². The van der Waals surface area contributed by atoms with Gasteiger partial charge in [-0.05, 0) is 33.6 Å². The Morgan fingerprint density at radius 3 is 2.50 bits per heavy atom. The summed E-state index contributed by atoms with van der Waals surface area (Å²) in [6, 6.07) is 9.63. The molecule has 0 radical (unpaired) electrons. The highest BCUT2D eigenvalue weighted by molar-refractivity contribution is 5.58. The van der Waals surface area contributed by atoms with Crippen LogP contribution in [0.4, 0.5) is 11.9 Å². The number of aromatic nitrogens is 3. The Kier molecular flexibility index (Phi) is 6.57. The van der Waals surface area contributed by atoms with Crippen molar-refractivity contribution >= 4 is 18.6 Å². The van der Waals surface area contributed by atoms with E-state index in [9.17, 15) is 5.11 Å². The van der Waals surface area contributed by atoms with Crippen LogP contribution >= 0.6 is 0 Å². The molecule has 0 fully saturated rings. The Labute approximate surface area is 153 Å². The van der Waals surface area contributed by atoms with Crippen LogP contribution in [0, 0.1) is 0 Å². The van der Waals surface area contributed by atoms with E-state index in [0.29, 0.717) is 24.3 Å². The number of aliphatic hydroxyl groups is 1. The molecule has 0 aliphatic heterocycles. The zero-order valence-electron chi connectivity index (χ0n) is 15.3. The van der Waals surface area contributed by atoms with Crippen molar-refractivity contribution in [3.63, 3.8) is 0 Å². The molecule has 0 atom stereocenters. The summed E-state index contributed by atoms with van der Waals surface area (Å²) < 4.78 is 0. The van der Waals surface area contributed by atoms with E-state index in [-0.39, 0.29) is 0 Å². The summed E-state index contributed by atoms with van der Waals surface area (Å²) in [6.45, 7) is 9.04. The third-order valence-corrected chi connectivity index (χ3v) is 3.27. The number of rotatable bonds is 8. The molecule has 1 aromatic carbocycles. The maximum atomic E-state index is 9.93. The lowest BCUT2D eigenvalue weighted by atomic mass is 10.1. The minimum atomic E-state index is -0.889. The highest BCUT2D eigenvalue weighted by Gasteiger charge is 2.14. The van der Waals surface area contributed by atoms with E-state index in [1.807, 2.05) is 43.3 Å². The van der Waals surface area contributed by atoms with Gasteiger partial charge in [-0.2, -0.15) is 15.0 Å². The molecule has 26 heavy (non-hydrogen) atoms. The van der Waals surface area contributed by atoms with Gasteiger partial charge in [-0.25, -0.2) is 0 Å². The van der Waals surface area contributed by atoms with Gasteiger partial charge in [0.25, 0.3) is 0 Å². The van der Waals surface area contributed by atoms with Crippen molar-refractivity contribution in [1.82, 2.24) is 15.0 Å². The van der Waals surface area contributed by atoms with Crippen molar-refractivity contribution in [3.05, 3.63) is 54.4 Å². The van der Waals surface area contributed by atoms with Crippen LogP contribution in [0.3, 0.4) is 0 Å². The molecule has 0 aliphatic rings. The zero-order valence-corrected chi connectivity index (χ0v) is 15.3. The smallest absolute Gasteiger partial charge is 0.232 e. The Morgan fingerprint density at radius 1 is 1.19 bits per heavy atom. The van der Waals surface area contributed by atoms with E-state index in [1.54, 1.807) is 26.1 Å². The molecule has 1 aromatic heterocycles. The summed E-state index contributed by atoms with van der Waals surface area (Å²) in [5, 5.41) is 16.1. The fraction of sp³-hybridized carbons (Fsp3) is 0.263. The average molecular weight is 352 g/mol. The first-order chi connectivity index (χ1) is 12.4. The molecule has 0 unspecified atom stereocenters. The van der Waals surface area contributed by atoms with Crippen LogP contribution in [0.25, 0.3) is 11.4 Å². The molecule has 136 valence electrons. The zero-order chi connectivity index (χ0) is 19.0. The topological polar surface area (TPSA) is 95.3 Å². The Bertz CT molecular complexity index is 793. The van der Waals surface area contributed by atoms with Crippen molar-refractivity contribution in [2.24, 2.45) is 4.99 Å². The fourth-order valence-corrected chi connectivity index (χ4v) is 1.99. The predicted molar refractivity (Wildman–Crippen MR) is 106 cm³/mol. The first-order valence-electron chi connectivity index (χ1n) is 8.25. The van der Waals surface area contributed by atoms with Crippen molar-refractivity contribution in [3.8, 4) is 11.4 Å². The quantitative estimate of drug-likeness (QED) is 0.499. The van der Waals surface area contributed by atoms with E-state index in [0.717, 1.165) is 11.3 Å². The molecule has 2 aromatic rings. The van der Waals surface area contributed by atoms with Gasteiger partial charge in [0.2, 0.25) is 11.9 Å². The average Bonchev–Trinajstić information content (AvgIpc) is 2.63. The number of nitrogens with zero attached hydrogens (tertiary/aromatic N) is 4. The second kappa shape index (κ2) is 8.87. The van der Waals surface area contributed by atoms with E-state index in [1.165, 1.54) is 0 Å².